The molecular weight excluding hydrogens is 271 g/mol. The number of para-hydroxylation sites is 1. The molecule has 0 atom stereocenters. The Morgan fingerprint density at radius 3 is 2.88 bits per heavy atom. The average molecular weight is 283 g/mol. The fourth-order valence-electron chi connectivity index (χ4n) is 1.53. The third-order valence-corrected chi connectivity index (χ3v) is 2.90. The minimum Gasteiger partial charge on any atom is -0.238 e. The minimum atomic E-state index is -0.252. The lowest BCUT2D eigenvalue weighted by Crippen LogP contribution is -1.97. The first-order valence-electron chi connectivity index (χ1n) is 5.15. The summed E-state index contributed by atoms with van der Waals surface area (Å²) in [5.74, 6) is -0.252. The van der Waals surface area contributed by atoms with E-state index < -0.39 is 0 Å². The maximum atomic E-state index is 13.5. The summed E-state index contributed by atoms with van der Waals surface area (Å²) in [6, 6.07) is 6.64. The third kappa shape index (κ3) is 2.50. The van der Waals surface area contributed by atoms with E-state index in [1.165, 1.54) is 6.07 Å². The van der Waals surface area contributed by atoms with E-state index in [9.17, 15) is 4.39 Å². The lowest BCUT2D eigenvalue weighted by atomic mass is 10.2. The number of alkyl halides is 1. The maximum absolute atomic E-state index is 13.5. The van der Waals surface area contributed by atoms with E-state index in [-0.39, 0.29) is 5.82 Å². The van der Waals surface area contributed by atoms with Gasteiger partial charge in [0, 0.05) is 11.5 Å². The van der Waals surface area contributed by atoms with Gasteiger partial charge in [0.05, 0.1) is 6.20 Å². The van der Waals surface area contributed by atoms with Gasteiger partial charge in [0.25, 0.3) is 0 Å². The monoisotopic (exact) mass is 282 g/mol. The minimum absolute atomic E-state index is 0.252. The first-order valence-corrected chi connectivity index (χ1v) is 6.28. The molecule has 0 amide bonds. The molecule has 0 unspecified atom stereocenters. The van der Waals surface area contributed by atoms with Gasteiger partial charge in [-0.25, -0.2) is 9.07 Å². The highest BCUT2D eigenvalue weighted by atomic mass is 79.9. The summed E-state index contributed by atoms with van der Waals surface area (Å²) < 4.78 is 15.1. The van der Waals surface area contributed by atoms with Crippen LogP contribution in [0.25, 0.3) is 5.69 Å². The Kier molecular flexibility index (Phi) is 3.72. The van der Waals surface area contributed by atoms with Crippen molar-refractivity contribution in [3.8, 4) is 5.69 Å². The fraction of sp³-hybridized carbons (Fsp3) is 0.250. The van der Waals surface area contributed by atoms with Gasteiger partial charge in [-0.2, -0.15) is 5.10 Å². The van der Waals surface area contributed by atoms with E-state index in [1.807, 2.05) is 6.20 Å². The zero-order chi connectivity index (χ0) is 11.4. The van der Waals surface area contributed by atoms with Crippen LogP contribution in [0.3, 0.4) is 0 Å². The number of rotatable bonds is 4. The summed E-state index contributed by atoms with van der Waals surface area (Å²) in [5, 5.41) is 5.13. The van der Waals surface area contributed by atoms with Gasteiger partial charge in [0.2, 0.25) is 0 Å². The molecular formula is C12H12BrFN2. The number of aromatic nitrogens is 2. The predicted molar refractivity (Wildman–Crippen MR) is 65.6 cm³/mol. The van der Waals surface area contributed by atoms with Crippen molar-refractivity contribution in [2.45, 2.75) is 12.8 Å². The van der Waals surface area contributed by atoms with Gasteiger partial charge in [-0.1, -0.05) is 28.1 Å². The van der Waals surface area contributed by atoms with Gasteiger partial charge < -0.3 is 0 Å². The standard InChI is InChI=1S/C12H12BrFN2/c13-7-3-4-10-8-15-16(9-10)12-6-2-1-5-11(12)14/h1-2,5-6,8-9H,3-4,7H2. The van der Waals surface area contributed by atoms with Crippen LogP contribution in [0.15, 0.2) is 36.7 Å². The Balaban J connectivity index is 2.22. The van der Waals surface area contributed by atoms with Gasteiger partial charge in [-0.15, -0.1) is 0 Å². The third-order valence-electron chi connectivity index (χ3n) is 2.33. The lowest BCUT2D eigenvalue weighted by molar-refractivity contribution is 0.611. The summed E-state index contributed by atoms with van der Waals surface area (Å²) in [4.78, 5) is 0. The summed E-state index contributed by atoms with van der Waals surface area (Å²) in [6.45, 7) is 0. The zero-order valence-electron chi connectivity index (χ0n) is 8.74. The lowest BCUT2D eigenvalue weighted by Gasteiger charge is -2.01. The molecule has 0 N–H and O–H groups in total. The quantitative estimate of drug-likeness (QED) is 0.787. The molecule has 0 radical (unpaired) electrons. The molecule has 2 nitrogen and oxygen atoms in total. The van der Waals surface area contributed by atoms with Crippen molar-refractivity contribution in [2.24, 2.45) is 0 Å². The highest BCUT2D eigenvalue weighted by molar-refractivity contribution is 9.09. The van der Waals surface area contributed by atoms with Crippen molar-refractivity contribution in [1.29, 1.82) is 0 Å². The van der Waals surface area contributed by atoms with E-state index in [2.05, 4.69) is 21.0 Å². The summed E-state index contributed by atoms with van der Waals surface area (Å²) >= 11 is 3.38. The molecule has 84 valence electrons. The Hall–Kier alpha value is -1.16. The van der Waals surface area contributed by atoms with Crippen LogP contribution < -0.4 is 0 Å². The van der Waals surface area contributed by atoms with Crippen molar-refractivity contribution in [3.63, 3.8) is 0 Å². The number of hydrogen-bond donors (Lipinski definition) is 0. The van der Waals surface area contributed by atoms with E-state index in [0.29, 0.717) is 5.69 Å². The molecule has 0 aliphatic carbocycles. The van der Waals surface area contributed by atoms with Crippen LogP contribution in [0, 0.1) is 5.82 Å². The molecule has 0 aliphatic heterocycles. The van der Waals surface area contributed by atoms with Crippen molar-refractivity contribution in [3.05, 3.63) is 48.0 Å². The second-order valence-electron chi connectivity index (χ2n) is 3.54. The molecule has 2 rings (SSSR count). The number of hydrogen-bond acceptors (Lipinski definition) is 1. The topological polar surface area (TPSA) is 17.8 Å². The molecule has 4 heteroatoms. The van der Waals surface area contributed by atoms with Crippen LogP contribution in [-0.4, -0.2) is 15.1 Å². The second-order valence-corrected chi connectivity index (χ2v) is 4.33. The first-order chi connectivity index (χ1) is 7.81. The SMILES string of the molecule is Fc1ccccc1-n1cc(CCCBr)cn1. The van der Waals surface area contributed by atoms with Crippen LogP contribution in [0.4, 0.5) is 4.39 Å². The molecule has 0 saturated heterocycles. The van der Waals surface area contributed by atoms with Gasteiger partial charge in [0.15, 0.2) is 0 Å². The Morgan fingerprint density at radius 1 is 1.31 bits per heavy atom. The number of nitrogens with zero attached hydrogens (tertiary/aromatic N) is 2. The summed E-state index contributed by atoms with van der Waals surface area (Å²) in [6.07, 6.45) is 5.68. The van der Waals surface area contributed by atoms with E-state index in [4.69, 9.17) is 0 Å². The van der Waals surface area contributed by atoms with Crippen molar-refractivity contribution < 1.29 is 4.39 Å². The van der Waals surface area contributed by atoms with Gasteiger partial charge in [-0.05, 0) is 30.5 Å². The van der Waals surface area contributed by atoms with Crippen LogP contribution in [-0.2, 0) is 6.42 Å². The maximum Gasteiger partial charge on any atom is 0.148 e. The first kappa shape index (κ1) is 11.3. The molecule has 0 spiro atoms. The number of aryl methyl sites for hydroxylation is 1. The highest BCUT2D eigenvalue weighted by Gasteiger charge is 2.04. The predicted octanol–water partition coefficient (Wildman–Crippen LogP) is 3.34. The van der Waals surface area contributed by atoms with Gasteiger partial charge in [-0.3, -0.25) is 0 Å². The Bertz CT molecular complexity index is 468. The smallest absolute Gasteiger partial charge is 0.148 e. The normalized spacial score (nSPS) is 10.6. The van der Waals surface area contributed by atoms with E-state index >= 15 is 0 Å². The van der Waals surface area contributed by atoms with Crippen LogP contribution in [0.5, 0.6) is 0 Å². The largest absolute Gasteiger partial charge is 0.238 e. The molecule has 1 aromatic heterocycles. The molecule has 1 heterocycles. The fourth-order valence-corrected chi connectivity index (χ4v) is 1.81. The Morgan fingerprint density at radius 2 is 2.12 bits per heavy atom. The van der Waals surface area contributed by atoms with Crippen LogP contribution in [0.1, 0.15) is 12.0 Å². The zero-order valence-corrected chi connectivity index (χ0v) is 10.3. The molecule has 0 bridgehead atoms. The van der Waals surface area contributed by atoms with E-state index in [1.54, 1.807) is 29.1 Å². The van der Waals surface area contributed by atoms with Gasteiger partial charge >= 0.3 is 0 Å². The summed E-state index contributed by atoms with van der Waals surface area (Å²) in [5.41, 5.74) is 1.62. The molecule has 16 heavy (non-hydrogen) atoms. The van der Waals surface area contributed by atoms with Crippen molar-refractivity contribution >= 4 is 15.9 Å². The van der Waals surface area contributed by atoms with E-state index in [0.717, 1.165) is 23.7 Å². The molecule has 0 saturated carbocycles. The average Bonchev–Trinajstić information content (AvgIpc) is 2.75. The van der Waals surface area contributed by atoms with Crippen LogP contribution >= 0.6 is 15.9 Å². The number of benzene rings is 1. The summed E-state index contributed by atoms with van der Waals surface area (Å²) in [7, 11) is 0. The molecule has 0 aliphatic rings. The second kappa shape index (κ2) is 5.25. The molecule has 2 aromatic rings. The molecule has 1 aromatic carbocycles. The van der Waals surface area contributed by atoms with Crippen molar-refractivity contribution in [2.75, 3.05) is 5.33 Å². The van der Waals surface area contributed by atoms with Gasteiger partial charge in [0.1, 0.15) is 11.5 Å². The van der Waals surface area contributed by atoms with Crippen molar-refractivity contribution in [1.82, 2.24) is 9.78 Å². The molecule has 0 fully saturated rings. The Labute approximate surface area is 102 Å². The number of halogens is 2. The van der Waals surface area contributed by atoms with Crippen LogP contribution in [0.2, 0.25) is 0 Å². The highest BCUT2D eigenvalue weighted by Crippen LogP contribution is 2.13.